The van der Waals surface area contributed by atoms with Crippen molar-refractivity contribution in [2.24, 2.45) is 11.7 Å². The van der Waals surface area contributed by atoms with Gasteiger partial charge in [-0.05, 0) is 68.7 Å². The first-order chi connectivity index (χ1) is 9.01. The number of benzene rings is 1. The van der Waals surface area contributed by atoms with Gasteiger partial charge in [-0.15, -0.1) is 0 Å². The Bertz CT molecular complexity index is 441. The van der Waals surface area contributed by atoms with Gasteiger partial charge in [0.15, 0.2) is 0 Å². The topological polar surface area (TPSA) is 35.2 Å². The number of hydrogen-bond acceptors (Lipinski definition) is 2. The van der Waals surface area contributed by atoms with E-state index in [9.17, 15) is 0 Å². The van der Waals surface area contributed by atoms with E-state index in [0.717, 1.165) is 18.9 Å². The Morgan fingerprint density at radius 1 is 1.32 bits per heavy atom. The molecular formula is C16H24BrNO. The third-order valence-corrected chi connectivity index (χ3v) is 4.98. The number of hydrogen-bond donors (Lipinski definition) is 1. The molecule has 0 spiro atoms. The molecule has 0 aliphatic heterocycles. The molecule has 0 amide bonds. The summed E-state index contributed by atoms with van der Waals surface area (Å²) < 4.78 is 6.77. The van der Waals surface area contributed by atoms with Crippen LogP contribution in [0.25, 0.3) is 0 Å². The summed E-state index contributed by atoms with van der Waals surface area (Å²) in [6, 6.07) is 4.55. The molecule has 1 atom stereocenters. The van der Waals surface area contributed by atoms with Crippen LogP contribution in [-0.2, 0) is 4.74 Å². The molecule has 0 bridgehead atoms. The van der Waals surface area contributed by atoms with E-state index in [1.54, 1.807) is 0 Å². The summed E-state index contributed by atoms with van der Waals surface area (Å²) in [6.07, 6.45) is 3.91. The number of halogens is 1. The molecule has 0 radical (unpaired) electrons. The number of ether oxygens (including phenoxy) is 1. The smallest absolute Gasteiger partial charge is 0.0580 e. The van der Waals surface area contributed by atoms with Crippen LogP contribution in [0.1, 0.15) is 48.9 Å². The van der Waals surface area contributed by atoms with E-state index >= 15 is 0 Å². The van der Waals surface area contributed by atoms with Gasteiger partial charge in [-0.3, -0.25) is 0 Å². The Morgan fingerprint density at radius 3 is 2.63 bits per heavy atom. The molecule has 1 aliphatic rings. The van der Waals surface area contributed by atoms with E-state index in [4.69, 9.17) is 10.5 Å². The SMILES string of the molecule is CCOC1CC(CC(N)c2cc(C)c(Br)cc2C)C1. The highest BCUT2D eigenvalue weighted by Gasteiger charge is 2.31. The van der Waals surface area contributed by atoms with Crippen molar-refractivity contribution in [3.63, 3.8) is 0 Å². The molecule has 1 fully saturated rings. The minimum Gasteiger partial charge on any atom is -0.378 e. The Kier molecular flexibility index (Phi) is 5.04. The van der Waals surface area contributed by atoms with Gasteiger partial charge in [-0.25, -0.2) is 0 Å². The monoisotopic (exact) mass is 325 g/mol. The molecule has 2 nitrogen and oxygen atoms in total. The van der Waals surface area contributed by atoms with Crippen molar-refractivity contribution in [1.82, 2.24) is 0 Å². The van der Waals surface area contributed by atoms with Crippen molar-refractivity contribution < 1.29 is 4.74 Å². The fourth-order valence-electron chi connectivity index (χ4n) is 2.93. The van der Waals surface area contributed by atoms with Gasteiger partial charge in [0.25, 0.3) is 0 Å². The number of aryl methyl sites for hydroxylation is 2. The quantitative estimate of drug-likeness (QED) is 0.877. The largest absolute Gasteiger partial charge is 0.378 e. The fraction of sp³-hybridized carbons (Fsp3) is 0.625. The average Bonchev–Trinajstić information content (AvgIpc) is 2.31. The molecule has 2 N–H and O–H groups in total. The van der Waals surface area contributed by atoms with Crippen LogP contribution in [0.15, 0.2) is 16.6 Å². The second-order valence-electron chi connectivity index (χ2n) is 5.71. The maximum absolute atomic E-state index is 6.39. The molecule has 2 rings (SSSR count). The van der Waals surface area contributed by atoms with Gasteiger partial charge in [0.05, 0.1) is 6.10 Å². The van der Waals surface area contributed by atoms with Crippen molar-refractivity contribution in [3.05, 3.63) is 33.3 Å². The van der Waals surface area contributed by atoms with Crippen molar-refractivity contribution in [3.8, 4) is 0 Å². The maximum Gasteiger partial charge on any atom is 0.0580 e. The molecule has 0 aromatic heterocycles. The van der Waals surface area contributed by atoms with Crippen LogP contribution in [0.3, 0.4) is 0 Å². The third kappa shape index (κ3) is 3.59. The third-order valence-electron chi connectivity index (χ3n) is 4.13. The summed E-state index contributed by atoms with van der Waals surface area (Å²) in [5.74, 6) is 0.731. The van der Waals surface area contributed by atoms with Gasteiger partial charge in [0, 0.05) is 17.1 Å². The van der Waals surface area contributed by atoms with Crippen LogP contribution < -0.4 is 5.73 Å². The lowest BCUT2D eigenvalue weighted by molar-refractivity contribution is -0.0282. The molecule has 0 heterocycles. The molecule has 1 aromatic rings. The molecule has 1 saturated carbocycles. The predicted molar refractivity (Wildman–Crippen MR) is 83.3 cm³/mol. The molecule has 3 heteroatoms. The van der Waals surface area contributed by atoms with Gasteiger partial charge >= 0.3 is 0 Å². The highest BCUT2D eigenvalue weighted by atomic mass is 79.9. The van der Waals surface area contributed by atoms with E-state index in [1.807, 2.05) is 0 Å². The first-order valence-electron chi connectivity index (χ1n) is 7.15. The summed E-state index contributed by atoms with van der Waals surface area (Å²) in [4.78, 5) is 0. The zero-order chi connectivity index (χ0) is 14.0. The molecule has 0 saturated heterocycles. The van der Waals surface area contributed by atoms with Crippen LogP contribution in [0.2, 0.25) is 0 Å². The van der Waals surface area contributed by atoms with Crippen LogP contribution in [0, 0.1) is 19.8 Å². The second kappa shape index (κ2) is 6.38. The van der Waals surface area contributed by atoms with Gasteiger partial charge in [0.2, 0.25) is 0 Å². The Hall–Kier alpha value is -0.380. The van der Waals surface area contributed by atoms with E-state index in [-0.39, 0.29) is 6.04 Å². The van der Waals surface area contributed by atoms with E-state index in [2.05, 4.69) is 48.8 Å². The fourth-order valence-corrected chi connectivity index (χ4v) is 3.39. The predicted octanol–water partition coefficient (Wildman–Crippen LogP) is 4.27. The highest BCUT2D eigenvalue weighted by Crippen LogP contribution is 2.37. The summed E-state index contributed by atoms with van der Waals surface area (Å²) in [5.41, 5.74) is 10.2. The first-order valence-corrected chi connectivity index (χ1v) is 7.94. The van der Waals surface area contributed by atoms with E-state index < -0.39 is 0 Å². The standard InChI is InChI=1S/C16H24BrNO/c1-4-19-13-7-12(8-13)9-16(18)14-5-11(3)15(17)6-10(14)2/h5-6,12-13,16H,4,7-9,18H2,1-3H3. The van der Waals surface area contributed by atoms with Crippen molar-refractivity contribution in [2.45, 2.75) is 52.2 Å². The van der Waals surface area contributed by atoms with Gasteiger partial charge in [0.1, 0.15) is 0 Å². The summed E-state index contributed by atoms with van der Waals surface area (Å²) in [7, 11) is 0. The van der Waals surface area contributed by atoms with Crippen LogP contribution in [0.5, 0.6) is 0 Å². The lowest BCUT2D eigenvalue weighted by Gasteiger charge is -2.36. The Morgan fingerprint density at radius 2 is 2.00 bits per heavy atom. The minimum atomic E-state index is 0.152. The Labute approximate surface area is 124 Å². The zero-order valence-electron chi connectivity index (χ0n) is 12.1. The maximum atomic E-state index is 6.39. The van der Waals surface area contributed by atoms with Gasteiger partial charge in [-0.2, -0.15) is 0 Å². The second-order valence-corrected chi connectivity index (χ2v) is 6.57. The van der Waals surface area contributed by atoms with Crippen molar-refractivity contribution >= 4 is 15.9 Å². The molecule has 1 aliphatic carbocycles. The van der Waals surface area contributed by atoms with Crippen LogP contribution in [0.4, 0.5) is 0 Å². The molecule has 1 unspecified atom stereocenters. The molecule has 19 heavy (non-hydrogen) atoms. The number of rotatable bonds is 5. The van der Waals surface area contributed by atoms with Gasteiger partial charge < -0.3 is 10.5 Å². The molecule has 106 valence electrons. The number of nitrogens with two attached hydrogens (primary N) is 1. The summed E-state index contributed by atoms with van der Waals surface area (Å²) in [6.45, 7) is 7.15. The van der Waals surface area contributed by atoms with E-state index in [1.165, 1.54) is 34.0 Å². The minimum absolute atomic E-state index is 0.152. The first kappa shape index (κ1) is 15.0. The Balaban J connectivity index is 1.94. The highest BCUT2D eigenvalue weighted by molar-refractivity contribution is 9.10. The van der Waals surface area contributed by atoms with Crippen LogP contribution >= 0.6 is 15.9 Å². The molecule has 1 aromatic carbocycles. The summed E-state index contributed by atoms with van der Waals surface area (Å²) in [5, 5.41) is 0. The normalized spacial score (nSPS) is 24.1. The van der Waals surface area contributed by atoms with Crippen molar-refractivity contribution in [2.75, 3.05) is 6.61 Å². The zero-order valence-corrected chi connectivity index (χ0v) is 13.7. The lowest BCUT2D eigenvalue weighted by atomic mass is 9.77. The van der Waals surface area contributed by atoms with Crippen molar-refractivity contribution in [1.29, 1.82) is 0 Å². The lowest BCUT2D eigenvalue weighted by Crippen LogP contribution is -2.33. The van der Waals surface area contributed by atoms with Gasteiger partial charge in [-0.1, -0.05) is 22.0 Å². The van der Waals surface area contributed by atoms with E-state index in [0.29, 0.717) is 6.10 Å². The molecular weight excluding hydrogens is 302 g/mol. The average molecular weight is 326 g/mol. The van der Waals surface area contributed by atoms with Crippen LogP contribution in [-0.4, -0.2) is 12.7 Å². The summed E-state index contributed by atoms with van der Waals surface area (Å²) >= 11 is 3.57.